The van der Waals surface area contributed by atoms with E-state index >= 15 is 0 Å². The Morgan fingerprint density at radius 2 is 1.90 bits per heavy atom. The molecule has 0 amide bonds. The Bertz CT molecular complexity index is 604. The van der Waals surface area contributed by atoms with E-state index in [1.54, 1.807) is 0 Å². The number of carbonyl (C=O) groups excluding carboxylic acids is 3. The lowest BCUT2D eigenvalue weighted by molar-refractivity contribution is -0.133. The summed E-state index contributed by atoms with van der Waals surface area (Å²) in [6.45, 7) is 5.92. The molecular formula is C22H39O5P3. The lowest BCUT2D eigenvalue weighted by Gasteiger charge is -2.24. The number of rotatable bonds is 14. The highest BCUT2D eigenvalue weighted by Crippen LogP contribution is 2.53. The summed E-state index contributed by atoms with van der Waals surface area (Å²) in [6, 6.07) is 0. The molecule has 5 unspecified atom stereocenters. The zero-order valence-corrected chi connectivity index (χ0v) is 21.8. The molecule has 1 N–H and O–H groups in total. The highest BCUT2D eigenvalue weighted by molar-refractivity contribution is 8.41. The third-order valence-corrected chi connectivity index (χ3v) is 7.24. The Morgan fingerprint density at radius 3 is 2.53 bits per heavy atom. The average Bonchev–Trinajstić information content (AvgIpc) is 2.93. The minimum absolute atomic E-state index is 0.112. The highest BCUT2D eigenvalue weighted by atomic mass is 32.4. The van der Waals surface area contributed by atoms with Gasteiger partial charge in [-0.2, -0.15) is 0 Å². The molecular weight excluding hydrogens is 437 g/mol. The molecule has 0 radical (unpaired) electrons. The van der Waals surface area contributed by atoms with Gasteiger partial charge in [-0.25, -0.2) is 0 Å². The predicted octanol–water partition coefficient (Wildman–Crippen LogP) is 5.76. The van der Waals surface area contributed by atoms with Gasteiger partial charge in [0.2, 0.25) is 0 Å². The van der Waals surface area contributed by atoms with E-state index in [1.807, 2.05) is 26.8 Å². The summed E-state index contributed by atoms with van der Waals surface area (Å²) in [5.74, 6) is -0.129. The Morgan fingerprint density at radius 1 is 1.20 bits per heavy atom. The van der Waals surface area contributed by atoms with Crippen molar-refractivity contribution in [2.75, 3.05) is 0 Å². The van der Waals surface area contributed by atoms with Crippen LogP contribution in [0.5, 0.6) is 0 Å². The fraction of sp³-hybridized carbons (Fsp3) is 0.773. The highest BCUT2D eigenvalue weighted by Gasteiger charge is 2.41. The lowest BCUT2D eigenvalue weighted by atomic mass is 9.80. The molecule has 0 aliphatic heterocycles. The topological polar surface area (TPSA) is 80.7 Å². The largest absolute Gasteiger partial charge is 0.437 e. The fourth-order valence-electron chi connectivity index (χ4n) is 3.78. The van der Waals surface area contributed by atoms with Crippen LogP contribution < -0.4 is 0 Å². The number of Topliss-reactive ketones (excluding diaryl/α,β-unsaturated/α-hetero) is 2. The first-order valence-corrected chi connectivity index (χ1v) is 15.5. The number of aliphatic hydroxyl groups is 1. The average molecular weight is 476 g/mol. The molecule has 5 nitrogen and oxygen atoms in total. The molecule has 0 bridgehead atoms. The predicted molar refractivity (Wildman–Crippen MR) is 130 cm³/mol. The van der Waals surface area contributed by atoms with Gasteiger partial charge in [0.05, 0.1) is 6.10 Å². The van der Waals surface area contributed by atoms with Crippen molar-refractivity contribution in [3.8, 4) is 0 Å². The van der Waals surface area contributed by atoms with E-state index in [9.17, 15) is 19.5 Å². The van der Waals surface area contributed by atoms with E-state index in [1.165, 1.54) is 0 Å². The van der Waals surface area contributed by atoms with E-state index in [0.29, 0.717) is 25.7 Å². The van der Waals surface area contributed by atoms with Crippen LogP contribution in [-0.2, 0) is 18.9 Å². The van der Waals surface area contributed by atoms with Crippen LogP contribution in [0.25, 0.3) is 0 Å². The van der Waals surface area contributed by atoms with Gasteiger partial charge < -0.3 is 9.63 Å². The third kappa shape index (κ3) is 9.95. The molecule has 1 fully saturated rings. The van der Waals surface area contributed by atoms with E-state index < -0.39 is 13.6 Å². The quantitative estimate of drug-likeness (QED) is 0.196. The van der Waals surface area contributed by atoms with Gasteiger partial charge >= 0.3 is 5.97 Å². The molecule has 0 heterocycles. The maximum Gasteiger partial charge on any atom is 0.309 e. The molecule has 0 aromatic rings. The maximum atomic E-state index is 12.4. The zero-order valence-electron chi connectivity index (χ0n) is 18.6. The molecule has 0 spiro atoms. The standard InChI is InChI=1S/C22H39O5P3/c1-4-22(2,3)20(25)14-13-17-16(18(23)15-19(17)24)11-9-7-5-6-8-10-12-21(26)27-30(28)29/h7,9,16-17,19,24H,4-6,8,10-15,28-29H2,1-3H3/b9-7+. The summed E-state index contributed by atoms with van der Waals surface area (Å²) in [6.07, 6.45) is 10.3. The summed E-state index contributed by atoms with van der Waals surface area (Å²) in [4.78, 5) is 36.2. The number of hydrogen-bond acceptors (Lipinski definition) is 5. The first-order chi connectivity index (χ1) is 14.1. The minimum atomic E-state index is -0.793. The van der Waals surface area contributed by atoms with Gasteiger partial charge in [-0.1, -0.05) is 57.2 Å². The van der Waals surface area contributed by atoms with E-state index in [2.05, 4.69) is 23.9 Å². The second-order valence-corrected chi connectivity index (χ2v) is 14.6. The molecule has 1 aliphatic rings. The van der Waals surface area contributed by atoms with Crippen LogP contribution >= 0.6 is 25.4 Å². The Labute approximate surface area is 187 Å². The van der Waals surface area contributed by atoms with Gasteiger partial charge in [0.15, 0.2) is 0 Å². The summed E-state index contributed by atoms with van der Waals surface area (Å²) in [7, 11) is 4.15. The van der Waals surface area contributed by atoms with Crippen LogP contribution in [0.2, 0.25) is 0 Å². The van der Waals surface area contributed by atoms with Crippen LogP contribution in [0.3, 0.4) is 0 Å². The summed E-state index contributed by atoms with van der Waals surface area (Å²) < 4.78 is 5.10. The number of carbonyl (C=O) groups is 3. The molecule has 0 aromatic heterocycles. The molecule has 8 heteroatoms. The Hall–Kier alpha value is -0.200. The van der Waals surface area contributed by atoms with Gasteiger partial charge in [-0.05, 0) is 44.4 Å². The molecule has 172 valence electrons. The zero-order chi connectivity index (χ0) is 22.7. The van der Waals surface area contributed by atoms with Crippen molar-refractivity contribution in [3.05, 3.63) is 12.2 Å². The van der Waals surface area contributed by atoms with Gasteiger partial charge in [-0.3, -0.25) is 14.4 Å². The van der Waals surface area contributed by atoms with E-state index in [0.717, 1.165) is 32.1 Å². The SMILES string of the molecule is CCC(C)(C)C(=O)CCC1C(O)CC(=O)C1C/C=C/CCCCCC(=O)OP(P)P. The van der Waals surface area contributed by atoms with E-state index in [4.69, 9.17) is 4.52 Å². The monoisotopic (exact) mass is 476 g/mol. The van der Waals surface area contributed by atoms with Crippen molar-refractivity contribution in [1.29, 1.82) is 0 Å². The summed E-state index contributed by atoms with van der Waals surface area (Å²) >= 11 is 0. The smallest absolute Gasteiger partial charge is 0.309 e. The normalized spacial score (nSPS) is 22.2. The number of aliphatic hydroxyl groups excluding tert-OH is 1. The maximum absolute atomic E-state index is 12.4. The second-order valence-electron chi connectivity index (χ2n) is 8.84. The molecule has 1 rings (SSSR count). The Kier molecular flexibility index (Phi) is 13.0. The van der Waals surface area contributed by atoms with Crippen LogP contribution in [0.15, 0.2) is 12.2 Å². The molecule has 1 aliphatic carbocycles. The third-order valence-electron chi connectivity index (χ3n) is 6.19. The lowest BCUT2D eigenvalue weighted by Crippen LogP contribution is -2.26. The molecule has 1 saturated carbocycles. The first kappa shape index (κ1) is 27.8. The van der Waals surface area contributed by atoms with Crippen molar-refractivity contribution in [1.82, 2.24) is 0 Å². The minimum Gasteiger partial charge on any atom is -0.437 e. The van der Waals surface area contributed by atoms with Crippen LogP contribution in [0.4, 0.5) is 0 Å². The number of hydrogen-bond donors (Lipinski definition) is 1. The summed E-state index contributed by atoms with van der Waals surface area (Å²) in [5.41, 5.74) is -0.340. The van der Waals surface area contributed by atoms with Gasteiger partial charge in [0, 0.05) is 30.6 Å². The van der Waals surface area contributed by atoms with Gasteiger partial charge in [0.25, 0.3) is 0 Å². The van der Waals surface area contributed by atoms with Gasteiger partial charge in [-0.15, -0.1) is 0 Å². The number of allylic oxidation sites excluding steroid dienone is 2. The molecule has 0 aromatic carbocycles. The van der Waals surface area contributed by atoms with Crippen LogP contribution in [-0.4, -0.2) is 28.7 Å². The van der Waals surface area contributed by atoms with Crippen LogP contribution in [0, 0.1) is 17.3 Å². The number of ketones is 2. The first-order valence-electron chi connectivity index (χ1n) is 11.0. The van der Waals surface area contributed by atoms with Crippen molar-refractivity contribution >= 4 is 42.9 Å². The second kappa shape index (κ2) is 14.1. The van der Waals surface area contributed by atoms with Crippen molar-refractivity contribution in [3.63, 3.8) is 0 Å². The Balaban J connectivity index is 2.35. The van der Waals surface area contributed by atoms with Crippen molar-refractivity contribution in [2.45, 2.75) is 91.1 Å². The fourth-order valence-corrected chi connectivity index (χ4v) is 4.81. The molecule has 30 heavy (non-hydrogen) atoms. The molecule has 5 atom stereocenters. The van der Waals surface area contributed by atoms with Crippen molar-refractivity contribution in [2.24, 2.45) is 17.3 Å². The van der Waals surface area contributed by atoms with Crippen LogP contribution in [0.1, 0.15) is 85.0 Å². The summed E-state index contributed by atoms with van der Waals surface area (Å²) in [5, 5.41) is 10.3. The van der Waals surface area contributed by atoms with Crippen molar-refractivity contribution < 1.29 is 24.0 Å². The van der Waals surface area contributed by atoms with Gasteiger partial charge in [0.1, 0.15) is 19.1 Å². The molecule has 0 saturated heterocycles. The number of unbranched alkanes of at least 4 members (excludes halogenated alkanes) is 3. The van der Waals surface area contributed by atoms with E-state index in [-0.39, 0.29) is 41.2 Å².